The number of amides is 4. The topological polar surface area (TPSA) is 141 Å². The van der Waals surface area contributed by atoms with Gasteiger partial charge in [-0.2, -0.15) is 5.26 Å². The van der Waals surface area contributed by atoms with Gasteiger partial charge in [-0.15, -0.1) is 0 Å². The minimum Gasteiger partial charge on any atom is -0.453 e. The number of hydrogen-bond donors (Lipinski definition) is 3. The molecule has 0 radical (unpaired) electrons. The van der Waals surface area contributed by atoms with E-state index >= 15 is 0 Å². The molecule has 8 atom stereocenters. The summed E-state index contributed by atoms with van der Waals surface area (Å²) < 4.78 is 4.74. The largest absolute Gasteiger partial charge is 0.453 e. The van der Waals surface area contributed by atoms with Gasteiger partial charge in [-0.1, -0.05) is 32.9 Å². The van der Waals surface area contributed by atoms with Crippen LogP contribution in [-0.4, -0.2) is 67.0 Å². The van der Waals surface area contributed by atoms with Gasteiger partial charge >= 0.3 is 6.09 Å². The average Bonchev–Trinajstić information content (AvgIpc) is 3.58. The highest BCUT2D eigenvalue weighted by Gasteiger charge is 2.59. The van der Waals surface area contributed by atoms with E-state index in [0.29, 0.717) is 25.4 Å². The summed E-state index contributed by atoms with van der Waals surface area (Å²) in [6.07, 6.45) is 5.45. The number of nitrogens with one attached hydrogen (secondary N) is 3. The molecule has 2 saturated heterocycles. The fraction of sp³-hybridized carbons (Fsp3) is 0.720. The molecule has 0 aromatic rings. The Morgan fingerprint density at radius 1 is 1.26 bits per heavy atom. The maximum absolute atomic E-state index is 13.8. The van der Waals surface area contributed by atoms with E-state index in [0.717, 1.165) is 6.42 Å². The molecule has 4 rings (SSSR count). The van der Waals surface area contributed by atoms with E-state index in [1.165, 1.54) is 7.11 Å². The van der Waals surface area contributed by atoms with E-state index in [-0.39, 0.29) is 47.8 Å². The lowest BCUT2D eigenvalue weighted by Gasteiger charge is -2.36. The standard InChI is InChI=1S/C25H35N5O5/c1-25(2,3)20(29-24(34)35-4)23(33)30-12-17-13-5-6-14(9-13)18(17)19(30)22(32)28-16(11-26)10-15-7-8-27-21(15)31/h5-6,13-20H,7-10,12H2,1-4H3,(H,27,31)(H,28,32)(H,29,34)/t13-,14+,15+,16+,17-,18+,19+,20-/m1/s1. The molecule has 4 aliphatic rings. The van der Waals surface area contributed by atoms with Crippen LogP contribution in [0.25, 0.3) is 0 Å². The Kier molecular flexibility index (Phi) is 6.80. The zero-order chi connectivity index (χ0) is 25.5. The summed E-state index contributed by atoms with van der Waals surface area (Å²) >= 11 is 0. The number of fused-ring (bicyclic) bond motifs is 5. The number of rotatable bonds is 6. The molecule has 2 bridgehead atoms. The summed E-state index contributed by atoms with van der Waals surface area (Å²) in [6, 6.07) is -0.337. The molecule has 10 nitrogen and oxygen atoms in total. The number of carbonyl (C=O) groups is 4. The number of alkyl carbamates (subject to hydrolysis) is 1. The Morgan fingerprint density at radius 3 is 2.57 bits per heavy atom. The lowest BCUT2D eigenvalue weighted by molar-refractivity contribution is -0.143. The first-order valence-corrected chi connectivity index (χ1v) is 12.4. The maximum atomic E-state index is 13.8. The van der Waals surface area contributed by atoms with Gasteiger partial charge in [-0.3, -0.25) is 14.4 Å². The zero-order valence-electron chi connectivity index (χ0n) is 20.7. The van der Waals surface area contributed by atoms with Crippen molar-refractivity contribution in [3.63, 3.8) is 0 Å². The van der Waals surface area contributed by atoms with Crippen LogP contribution in [0.15, 0.2) is 12.2 Å². The maximum Gasteiger partial charge on any atom is 0.407 e. The van der Waals surface area contributed by atoms with E-state index in [9.17, 15) is 24.4 Å². The Balaban J connectivity index is 1.57. The molecule has 2 aliphatic carbocycles. The number of nitriles is 1. The first-order valence-electron chi connectivity index (χ1n) is 12.4. The normalized spacial score (nSPS) is 32.4. The van der Waals surface area contributed by atoms with Gasteiger partial charge in [0.05, 0.1) is 13.2 Å². The predicted octanol–water partition coefficient (Wildman–Crippen LogP) is 0.941. The van der Waals surface area contributed by atoms with Crippen LogP contribution in [0, 0.1) is 46.3 Å². The highest BCUT2D eigenvalue weighted by atomic mass is 16.5. The van der Waals surface area contributed by atoms with Crippen LogP contribution in [0.1, 0.15) is 40.0 Å². The molecule has 2 heterocycles. The molecule has 0 spiro atoms. The number of hydrogen-bond acceptors (Lipinski definition) is 6. The van der Waals surface area contributed by atoms with Crippen LogP contribution in [-0.2, 0) is 19.1 Å². The first kappa shape index (κ1) is 25.0. The van der Waals surface area contributed by atoms with E-state index in [4.69, 9.17) is 4.74 Å². The molecule has 3 N–H and O–H groups in total. The second kappa shape index (κ2) is 9.51. The van der Waals surface area contributed by atoms with Gasteiger partial charge in [0.25, 0.3) is 0 Å². The molecular formula is C25H35N5O5. The van der Waals surface area contributed by atoms with Crippen molar-refractivity contribution in [1.82, 2.24) is 20.9 Å². The summed E-state index contributed by atoms with van der Waals surface area (Å²) in [4.78, 5) is 53.1. The summed E-state index contributed by atoms with van der Waals surface area (Å²) in [7, 11) is 1.24. The minimum atomic E-state index is -0.886. The number of ether oxygens (including phenoxy) is 1. The summed E-state index contributed by atoms with van der Waals surface area (Å²) in [5.74, 6) is -0.490. The van der Waals surface area contributed by atoms with E-state index in [2.05, 4.69) is 34.2 Å². The Bertz CT molecular complexity index is 966. The van der Waals surface area contributed by atoms with Gasteiger partial charge in [-0.25, -0.2) is 4.79 Å². The van der Waals surface area contributed by atoms with Crippen molar-refractivity contribution in [2.45, 2.75) is 58.2 Å². The monoisotopic (exact) mass is 485 g/mol. The Hall–Kier alpha value is -3.09. The highest BCUT2D eigenvalue weighted by molar-refractivity contribution is 5.93. The lowest BCUT2D eigenvalue weighted by atomic mass is 9.81. The molecule has 190 valence electrons. The van der Waals surface area contributed by atoms with Crippen LogP contribution in [0.2, 0.25) is 0 Å². The second-order valence-corrected chi connectivity index (χ2v) is 11.3. The van der Waals surface area contributed by atoms with Crippen molar-refractivity contribution >= 4 is 23.8 Å². The molecule has 0 unspecified atom stereocenters. The second-order valence-electron chi connectivity index (χ2n) is 11.3. The number of methoxy groups -OCH3 is 1. The van der Waals surface area contributed by atoms with Crippen molar-refractivity contribution in [3.8, 4) is 6.07 Å². The van der Waals surface area contributed by atoms with Gasteiger partial charge in [0, 0.05) is 19.0 Å². The fourth-order valence-corrected chi connectivity index (χ4v) is 6.33. The van der Waals surface area contributed by atoms with Crippen LogP contribution in [0.5, 0.6) is 0 Å². The van der Waals surface area contributed by atoms with Crippen LogP contribution in [0.3, 0.4) is 0 Å². The number of carbonyl (C=O) groups excluding carboxylic acids is 4. The van der Waals surface area contributed by atoms with Gasteiger partial charge < -0.3 is 25.6 Å². The Labute approximate surface area is 205 Å². The summed E-state index contributed by atoms with van der Waals surface area (Å²) in [6.45, 7) is 6.54. The van der Waals surface area contributed by atoms with Crippen LogP contribution < -0.4 is 16.0 Å². The molecule has 10 heteroatoms. The average molecular weight is 486 g/mol. The third-order valence-electron chi connectivity index (χ3n) is 8.06. The number of allylic oxidation sites excluding steroid dienone is 2. The molecule has 4 amide bonds. The summed E-state index contributed by atoms with van der Waals surface area (Å²) in [5.41, 5.74) is -0.619. The molecule has 35 heavy (non-hydrogen) atoms. The van der Waals surface area contributed by atoms with Crippen molar-refractivity contribution in [2.75, 3.05) is 20.2 Å². The van der Waals surface area contributed by atoms with E-state index in [1.54, 1.807) is 4.90 Å². The van der Waals surface area contributed by atoms with E-state index in [1.807, 2.05) is 20.8 Å². The molecule has 0 aromatic heterocycles. The number of nitrogens with zero attached hydrogens (tertiary/aromatic N) is 2. The van der Waals surface area contributed by atoms with Crippen molar-refractivity contribution < 1.29 is 23.9 Å². The van der Waals surface area contributed by atoms with Crippen molar-refractivity contribution in [2.24, 2.45) is 35.0 Å². The quantitative estimate of drug-likeness (QED) is 0.478. The smallest absolute Gasteiger partial charge is 0.407 e. The zero-order valence-corrected chi connectivity index (χ0v) is 20.7. The van der Waals surface area contributed by atoms with Crippen LogP contribution >= 0.6 is 0 Å². The molecule has 0 aromatic carbocycles. The highest BCUT2D eigenvalue weighted by Crippen LogP contribution is 2.54. The van der Waals surface area contributed by atoms with Gasteiger partial charge in [0.15, 0.2) is 0 Å². The molecule has 1 saturated carbocycles. The van der Waals surface area contributed by atoms with Crippen LogP contribution in [0.4, 0.5) is 4.79 Å². The van der Waals surface area contributed by atoms with Crippen molar-refractivity contribution in [3.05, 3.63) is 12.2 Å². The van der Waals surface area contributed by atoms with Gasteiger partial charge in [0.1, 0.15) is 18.1 Å². The first-order chi connectivity index (χ1) is 16.5. The summed E-state index contributed by atoms with van der Waals surface area (Å²) in [5, 5.41) is 18.0. The lowest BCUT2D eigenvalue weighted by Crippen LogP contribution is -2.59. The van der Waals surface area contributed by atoms with Gasteiger partial charge in [0.2, 0.25) is 17.7 Å². The minimum absolute atomic E-state index is 0.0400. The van der Waals surface area contributed by atoms with Gasteiger partial charge in [-0.05, 0) is 48.3 Å². The molecule has 3 fully saturated rings. The van der Waals surface area contributed by atoms with E-state index < -0.39 is 29.6 Å². The fourth-order valence-electron chi connectivity index (χ4n) is 6.33. The SMILES string of the molecule is COC(=O)N[C@H](C(=O)N1C[C@H]2[C@@H]([C@H]1C(=O)N[C@H](C#N)C[C@@H]1CCNC1=O)[C@H]1C=C[C@@H]2C1)C(C)(C)C. The van der Waals surface area contributed by atoms with Crippen molar-refractivity contribution in [1.29, 1.82) is 5.26 Å². The molecule has 2 aliphatic heterocycles. The molecular weight excluding hydrogens is 450 g/mol. The Morgan fingerprint density at radius 2 is 1.97 bits per heavy atom. The number of likely N-dealkylation sites (tertiary alicyclic amines) is 1. The third kappa shape index (κ3) is 4.73. The third-order valence-corrected chi connectivity index (χ3v) is 8.06. The predicted molar refractivity (Wildman–Crippen MR) is 125 cm³/mol.